The third-order valence-corrected chi connectivity index (χ3v) is 5.17. The van der Waals surface area contributed by atoms with Crippen LogP contribution in [0.5, 0.6) is 11.5 Å². The normalized spacial score (nSPS) is 13.2. The number of carbonyl (C=O) groups is 1. The van der Waals surface area contributed by atoms with E-state index in [1.807, 2.05) is 12.1 Å². The second kappa shape index (κ2) is 7.99. The number of carbonyl (C=O) groups excluding carboxylic acids is 1. The van der Waals surface area contributed by atoms with Crippen molar-refractivity contribution in [3.63, 3.8) is 0 Å². The number of ether oxygens (including phenoxy) is 1. The molecule has 2 heterocycles. The molecule has 4 rings (SSSR count). The fraction of sp³-hybridized carbons (Fsp3) is 0.174. The predicted octanol–water partition coefficient (Wildman–Crippen LogP) is 5.10. The van der Waals surface area contributed by atoms with Crippen molar-refractivity contribution in [3.8, 4) is 22.8 Å². The van der Waals surface area contributed by atoms with Crippen molar-refractivity contribution in [1.82, 2.24) is 9.88 Å². The van der Waals surface area contributed by atoms with E-state index in [-0.39, 0.29) is 17.2 Å². The zero-order valence-corrected chi connectivity index (χ0v) is 17.2. The summed E-state index contributed by atoms with van der Waals surface area (Å²) in [5, 5.41) is 10.1. The molecule has 6 nitrogen and oxygen atoms in total. The van der Waals surface area contributed by atoms with Crippen molar-refractivity contribution in [2.45, 2.75) is 12.7 Å². The second-order valence-corrected chi connectivity index (χ2v) is 7.34. The van der Waals surface area contributed by atoms with Crippen molar-refractivity contribution < 1.29 is 22.7 Å². The van der Waals surface area contributed by atoms with E-state index in [2.05, 4.69) is 10.3 Å². The van der Waals surface area contributed by atoms with Gasteiger partial charge in [-0.1, -0.05) is 6.07 Å². The molecule has 2 N–H and O–H groups in total. The summed E-state index contributed by atoms with van der Waals surface area (Å²) in [4.78, 5) is 18.1. The Morgan fingerprint density at radius 2 is 1.88 bits per heavy atom. The van der Waals surface area contributed by atoms with E-state index < -0.39 is 11.9 Å². The van der Waals surface area contributed by atoms with E-state index in [0.717, 1.165) is 11.1 Å². The summed E-state index contributed by atoms with van der Waals surface area (Å²) in [5.74, 6) is 0.745. The third kappa shape index (κ3) is 4.01. The summed E-state index contributed by atoms with van der Waals surface area (Å²) in [6.45, 7) is 0.532. The number of benzene rings is 2. The van der Waals surface area contributed by atoms with E-state index in [1.165, 1.54) is 25.2 Å². The van der Waals surface area contributed by atoms with Crippen molar-refractivity contribution in [2.24, 2.45) is 0 Å². The topological polar surface area (TPSA) is 78.3 Å². The lowest BCUT2D eigenvalue weighted by Crippen LogP contribution is -2.23. The van der Waals surface area contributed by atoms with Gasteiger partial charge in [-0.2, -0.15) is 13.2 Å². The molecule has 0 saturated carbocycles. The Balaban J connectivity index is 1.60. The van der Waals surface area contributed by atoms with Gasteiger partial charge in [0.25, 0.3) is 5.91 Å². The monoisotopic (exact) mass is 440 g/mol. The van der Waals surface area contributed by atoms with Crippen molar-refractivity contribution >= 4 is 17.3 Å². The van der Waals surface area contributed by atoms with E-state index in [9.17, 15) is 18.0 Å². The summed E-state index contributed by atoms with van der Waals surface area (Å²) in [5.41, 5.74) is 1.49. The second-order valence-electron chi connectivity index (χ2n) is 7.34. The highest BCUT2D eigenvalue weighted by Crippen LogP contribution is 2.33. The quantitative estimate of drug-likeness (QED) is 0.541. The first kappa shape index (κ1) is 21.4. The lowest BCUT2D eigenvalue weighted by Gasteiger charge is -2.15. The molecule has 0 spiro atoms. The van der Waals surface area contributed by atoms with Crippen LogP contribution in [-0.4, -0.2) is 41.8 Å². The summed E-state index contributed by atoms with van der Waals surface area (Å²) in [6, 6.07) is 12.9. The van der Waals surface area contributed by atoms with Crippen LogP contribution in [0.2, 0.25) is 0 Å². The van der Waals surface area contributed by atoms with E-state index in [4.69, 9.17) is 10.1 Å². The number of anilines is 1. The molecule has 0 aliphatic carbocycles. The van der Waals surface area contributed by atoms with Crippen LogP contribution in [0.1, 0.15) is 21.5 Å². The molecule has 1 aliphatic rings. The lowest BCUT2D eigenvalue weighted by molar-refractivity contribution is -0.0587. The fourth-order valence-electron chi connectivity index (χ4n) is 3.56. The molecule has 3 aromatic rings. The van der Waals surface area contributed by atoms with Crippen LogP contribution in [0.15, 0.2) is 54.7 Å². The van der Waals surface area contributed by atoms with Gasteiger partial charge in [0, 0.05) is 61.3 Å². The lowest BCUT2D eigenvalue weighted by atomic mass is 10.0. The molecule has 0 saturated heterocycles. The average Bonchev–Trinajstić information content (AvgIpc) is 3.05. The largest absolute Gasteiger partial charge is 0.457 e. The Hall–Kier alpha value is -3.88. The zero-order chi connectivity index (χ0) is 23.0. The number of fused-ring (bicyclic) bond motifs is 1. The van der Waals surface area contributed by atoms with Gasteiger partial charge < -0.3 is 15.0 Å². The summed E-state index contributed by atoms with van der Waals surface area (Å²) in [7, 11) is 3.22. The maximum Gasteiger partial charge on any atom is 0.433 e. The highest BCUT2D eigenvalue weighted by Gasteiger charge is 2.36. The van der Waals surface area contributed by atoms with Gasteiger partial charge in [0.05, 0.1) is 5.69 Å². The predicted molar refractivity (Wildman–Crippen MR) is 114 cm³/mol. The van der Waals surface area contributed by atoms with Crippen LogP contribution < -0.4 is 10.1 Å². The minimum absolute atomic E-state index is 0.0148. The molecule has 1 aliphatic heterocycles. The maximum absolute atomic E-state index is 12.9. The molecule has 32 heavy (non-hydrogen) atoms. The Kier molecular flexibility index (Phi) is 5.33. The fourth-order valence-corrected chi connectivity index (χ4v) is 3.56. The molecular formula is C23H19F3N4O2. The summed E-state index contributed by atoms with van der Waals surface area (Å²) < 4.78 is 44.6. The Morgan fingerprint density at radius 1 is 1.12 bits per heavy atom. The van der Waals surface area contributed by atoms with Crippen LogP contribution in [0.4, 0.5) is 18.9 Å². The summed E-state index contributed by atoms with van der Waals surface area (Å²) >= 11 is 0. The number of nitrogens with one attached hydrogen (secondary N) is 2. The van der Waals surface area contributed by atoms with E-state index >= 15 is 0 Å². The number of amides is 1. The van der Waals surface area contributed by atoms with E-state index in [1.54, 1.807) is 36.3 Å². The van der Waals surface area contributed by atoms with Crippen LogP contribution in [0, 0.1) is 5.41 Å². The van der Waals surface area contributed by atoms with Crippen molar-refractivity contribution in [3.05, 3.63) is 71.4 Å². The minimum atomic E-state index is -4.75. The molecule has 1 aromatic heterocycles. The highest BCUT2D eigenvalue weighted by molar-refractivity contribution is 6.06. The molecular weight excluding hydrogens is 421 g/mol. The first-order valence-corrected chi connectivity index (χ1v) is 9.68. The number of alkyl halides is 3. The highest BCUT2D eigenvalue weighted by atomic mass is 19.4. The van der Waals surface area contributed by atoms with Crippen LogP contribution in [0.25, 0.3) is 11.3 Å². The first-order chi connectivity index (χ1) is 15.2. The molecule has 0 radical (unpaired) electrons. The minimum Gasteiger partial charge on any atom is -0.457 e. The van der Waals surface area contributed by atoms with E-state index in [0.29, 0.717) is 29.3 Å². The molecule has 164 valence electrons. The third-order valence-electron chi connectivity index (χ3n) is 5.17. The van der Waals surface area contributed by atoms with Gasteiger partial charge in [-0.15, -0.1) is 0 Å². The van der Waals surface area contributed by atoms with Crippen LogP contribution in [0.3, 0.4) is 0 Å². The zero-order valence-electron chi connectivity index (χ0n) is 17.2. The van der Waals surface area contributed by atoms with Crippen molar-refractivity contribution in [2.75, 3.05) is 19.4 Å². The Labute approximate surface area is 182 Å². The molecule has 0 atom stereocenters. The average molecular weight is 440 g/mol. The molecule has 9 heteroatoms. The van der Waals surface area contributed by atoms with Gasteiger partial charge in [-0.3, -0.25) is 15.2 Å². The molecule has 2 aromatic carbocycles. The number of hydrogen-bond donors (Lipinski definition) is 2. The van der Waals surface area contributed by atoms with Gasteiger partial charge >= 0.3 is 6.18 Å². The van der Waals surface area contributed by atoms with Crippen LogP contribution in [-0.2, 0) is 6.54 Å². The molecule has 0 unspecified atom stereocenters. The molecule has 0 fully saturated rings. The van der Waals surface area contributed by atoms with Crippen molar-refractivity contribution in [1.29, 1.82) is 5.41 Å². The first-order valence-electron chi connectivity index (χ1n) is 9.68. The number of pyridine rings is 1. The van der Waals surface area contributed by atoms with Gasteiger partial charge in [-0.25, -0.2) is 0 Å². The van der Waals surface area contributed by atoms with Gasteiger partial charge in [0.2, 0.25) is 0 Å². The van der Waals surface area contributed by atoms with Gasteiger partial charge in [-0.05, 0) is 35.9 Å². The Morgan fingerprint density at radius 3 is 2.59 bits per heavy atom. The molecule has 0 bridgehead atoms. The number of rotatable bonds is 5. The number of nitrogens with zero attached hydrogens (tertiary/aromatic N) is 2. The van der Waals surface area contributed by atoms with Gasteiger partial charge in [0.1, 0.15) is 17.2 Å². The maximum atomic E-state index is 12.9. The SMILES string of the molecule is CNc1cc(Oc2ccnc(-c3ccc4c(c3)CN(C)C4=O)c2)ccc1C(=N)C(F)(F)F. The Bertz CT molecular complexity index is 1220. The number of aromatic nitrogens is 1. The van der Waals surface area contributed by atoms with Gasteiger partial charge in [0.15, 0.2) is 0 Å². The summed E-state index contributed by atoms with van der Waals surface area (Å²) in [6.07, 6.45) is -3.18. The van der Waals surface area contributed by atoms with Crippen LogP contribution >= 0.6 is 0 Å². The molecule has 1 amide bonds. The smallest absolute Gasteiger partial charge is 0.433 e. The standard InChI is InChI=1S/C23H19F3N4O2/c1-28-20-11-15(4-6-18(20)21(27)23(24,25)26)32-16-7-8-29-19(10-16)13-3-5-17-14(9-13)12-30(2)22(17)31/h3-11,27-28H,12H2,1-2H3. The number of hydrogen-bond acceptors (Lipinski definition) is 5. The number of halogens is 3.